The molecule has 1 aliphatic heterocycles. The highest BCUT2D eigenvalue weighted by molar-refractivity contribution is 5.97. The van der Waals surface area contributed by atoms with Gasteiger partial charge in [0.1, 0.15) is 18.2 Å². The third kappa shape index (κ3) is 2.90. The molecular weight excluding hydrogens is 301 g/mol. The zero-order valence-electron chi connectivity index (χ0n) is 12.1. The number of nitrogens with zero attached hydrogens (tertiary/aromatic N) is 3. The summed E-state index contributed by atoms with van der Waals surface area (Å²) >= 11 is 0. The number of carbonyl (C=O) groups is 2. The predicted molar refractivity (Wildman–Crippen MR) is 79.1 cm³/mol. The second-order valence-corrected chi connectivity index (χ2v) is 5.32. The van der Waals surface area contributed by atoms with Crippen molar-refractivity contribution in [3.8, 4) is 11.1 Å². The van der Waals surface area contributed by atoms with E-state index in [1.807, 2.05) is 0 Å². The van der Waals surface area contributed by atoms with Crippen LogP contribution in [0.1, 0.15) is 23.2 Å². The van der Waals surface area contributed by atoms with E-state index < -0.39 is 23.7 Å². The van der Waals surface area contributed by atoms with Gasteiger partial charge >= 0.3 is 5.97 Å². The van der Waals surface area contributed by atoms with Crippen molar-refractivity contribution in [1.29, 1.82) is 0 Å². The van der Waals surface area contributed by atoms with Gasteiger partial charge < -0.3 is 10.0 Å². The van der Waals surface area contributed by atoms with E-state index in [0.29, 0.717) is 30.5 Å². The lowest BCUT2D eigenvalue weighted by atomic mass is 10.1. The fourth-order valence-corrected chi connectivity index (χ4v) is 2.74. The molecule has 1 aromatic carbocycles. The lowest BCUT2D eigenvalue weighted by molar-refractivity contribution is -0.141. The van der Waals surface area contributed by atoms with E-state index >= 15 is 0 Å². The highest BCUT2D eigenvalue weighted by Crippen LogP contribution is 2.24. The Balaban J connectivity index is 1.89. The van der Waals surface area contributed by atoms with E-state index in [2.05, 4.69) is 9.97 Å². The summed E-state index contributed by atoms with van der Waals surface area (Å²) in [4.78, 5) is 32.5. The number of amides is 1. The minimum atomic E-state index is -1.06. The maximum Gasteiger partial charge on any atom is 0.326 e. The van der Waals surface area contributed by atoms with Gasteiger partial charge in [0.2, 0.25) is 0 Å². The van der Waals surface area contributed by atoms with Crippen LogP contribution in [0.25, 0.3) is 11.1 Å². The maximum absolute atomic E-state index is 14.3. The van der Waals surface area contributed by atoms with Crippen molar-refractivity contribution < 1.29 is 19.1 Å². The predicted octanol–water partition coefficient (Wildman–Crippen LogP) is 1.97. The molecule has 0 aliphatic carbocycles. The first-order valence-electron chi connectivity index (χ1n) is 7.16. The van der Waals surface area contributed by atoms with Crippen LogP contribution >= 0.6 is 0 Å². The lowest BCUT2D eigenvalue weighted by Gasteiger charge is -2.21. The molecule has 118 valence electrons. The van der Waals surface area contributed by atoms with Crippen molar-refractivity contribution >= 4 is 11.9 Å². The largest absolute Gasteiger partial charge is 0.480 e. The molecule has 1 amide bonds. The molecule has 1 fully saturated rings. The number of hydrogen-bond donors (Lipinski definition) is 1. The first-order valence-corrected chi connectivity index (χ1v) is 7.16. The number of benzene rings is 1. The average Bonchev–Trinajstić information content (AvgIpc) is 3.05. The Hall–Kier alpha value is -2.83. The highest BCUT2D eigenvalue weighted by atomic mass is 19.1. The second-order valence-electron chi connectivity index (χ2n) is 5.32. The Bertz CT molecular complexity index is 751. The quantitative estimate of drug-likeness (QED) is 0.936. The molecule has 0 saturated carbocycles. The third-order valence-corrected chi connectivity index (χ3v) is 3.89. The summed E-state index contributed by atoms with van der Waals surface area (Å²) in [5, 5.41) is 9.14. The van der Waals surface area contributed by atoms with E-state index in [1.54, 1.807) is 18.5 Å². The van der Waals surface area contributed by atoms with Crippen LogP contribution in [0.5, 0.6) is 0 Å². The number of rotatable bonds is 3. The molecule has 1 aromatic heterocycles. The van der Waals surface area contributed by atoms with E-state index in [-0.39, 0.29) is 5.56 Å². The SMILES string of the molecule is O=C(O)C1CCCN1C(=O)c1ccc(-c2cncnc2)cc1F. The second kappa shape index (κ2) is 6.12. The molecule has 0 spiro atoms. The minimum absolute atomic E-state index is 0.126. The molecule has 1 saturated heterocycles. The van der Waals surface area contributed by atoms with Crippen molar-refractivity contribution in [3.63, 3.8) is 0 Å². The summed E-state index contributed by atoms with van der Waals surface area (Å²) in [6.07, 6.45) is 5.46. The van der Waals surface area contributed by atoms with Crippen molar-refractivity contribution in [2.24, 2.45) is 0 Å². The number of aromatic nitrogens is 2. The van der Waals surface area contributed by atoms with Gasteiger partial charge in [-0.15, -0.1) is 0 Å². The molecule has 1 N–H and O–H groups in total. The van der Waals surface area contributed by atoms with Gasteiger partial charge in [0, 0.05) is 24.5 Å². The Morgan fingerprint density at radius 2 is 1.96 bits per heavy atom. The fraction of sp³-hybridized carbons (Fsp3) is 0.250. The van der Waals surface area contributed by atoms with Gasteiger partial charge in [-0.2, -0.15) is 0 Å². The van der Waals surface area contributed by atoms with Crippen LogP contribution in [0.3, 0.4) is 0 Å². The number of likely N-dealkylation sites (tertiary alicyclic amines) is 1. The van der Waals surface area contributed by atoms with Gasteiger partial charge in [-0.25, -0.2) is 19.2 Å². The lowest BCUT2D eigenvalue weighted by Crippen LogP contribution is -2.40. The van der Waals surface area contributed by atoms with E-state index in [9.17, 15) is 14.0 Å². The van der Waals surface area contributed by atoms with E-state index in [4.69, 9.17) is 5.11 Å². The Labute approximate surface area is 131 Å². The number of halogens is 1. The number of carboxylic acids is 1. The van der Waals surface area contributed by atoms with Gasteiger partial charge in [-0.1, -0.05) is 6.07 Å². The smallest absolute Gasteiger partial charge is 0.326 e. The van der Waals surface area contributed by atoms with Crippen LogP contribution in [0, 0.1) is 5.82 Å². The van der Waals surface area contributed by atoms with Crippen molar-refractivity contribution in [2.75, 3.05) is 6.54 Å². The van der Waals surface area contributed by atoms with Crippen LogP contribution < -0.4 is 0 Å². The summed E-state index contributed by atoms with van der Waals surface area (Å²) in [6.45, 7) is 0.323. The first-order chi connectivity index (χ1) is 11.1. The van der Waals surface area contributed by atoms with E-state index in [1.165, 1.54) is 23.4 Å². The summed E-state index contributed by atoms with van der Waals surface area (Å²) in [7, 11) is 0. The molecule has 3 rings (SSSR count). The third-order valence-electron chi connectivity index (χ3n) is 3.89. The van der Waals surface area contributed by atoms with Crippen molar-refractivity contribution in [1.82, 2.24) is 14.9 Å². The van der Waals surface area contributed by atoms with Crippen molar-refractivity contribution in [3.05, 3.63) is 48.3 Å². The van der Waals surface area contributed by atoms with Crippen LogP contribution in [-0.4, -0.2) is 44.4 Å². The molecule has 1 atom stereocenters. The molecule has 2 heterocycles. The Morgan fingerprint density at radius 1 is 1.22 bits per heavy atom. The molecule has 0 bridgehead atoms. The zero-order chi connectivity index (χ0) is 16.4. The Kier molecular flexibility index (Phi) is 4.01. The molecule has 6 nitrogen and oxygen atoms in total. The number of hydrogen-bond acceptors (Lipinski definition) is 4. The molecule has 7 heteroatoms. The number of aliphatic carboxylic acids is 1. The molecule has 0 radical (unpaired) electrons. The van der Waals surface area contributed by atoms with Gasteiger partial charge in [0.25, 0.3) is 5.91 Å². The maximum atomic E-state index is 14.3. The summed E-state index contributed by atoms with van der Waals surface area (Å²) in [6, 6.07) is 3.32. The Morgan fingerprint density at radius 3 is 2.61 bits per heavy atom. The number of carbonyl (C=O) groups excluding carboxylic acids is 1. The molecule has 1 unspecified atom stereocenters. The van der Waals surface area contributed by atoms with Gasteiger partial charge in [0.15, 0.2) is 0 Å². The summed E-state index contributed by atoms with van der Waals surface area (Å²) in [5.41, 5.74) is 1.06. The van der Waals surface area contributed by atoms with Gasteiger partial charge in [-0.05, 0) is 30.5 Å². The van der Waals surface area contributed by atoms with Gasteiger partial charge in [0.05, 0.1) is 5.56 Å². The molecule has 1 aliphatic rings. The highest BCUT2D eigenvalue weighted by Gasteiger charge is 2.35. The molecule has 2 aromatic rings. The van der Waals surface area contributed by atoms with Crippen LogP contribution in [-0.2, 0) is 4.79 Å². The monoisotopic (exact) mass is 315 g/mol. The van der Waals surface area contributed by atoms with Crippen LogP contribution in [0.4, 0.5) is 4.39 Å². The fourth-order valence-electron chi connectivity index (χ4n) is 2.74. The van der Waals surface area contributed by atoms with Crippen molar-refractivity contribution in [2.45, 2.75) is 18.9 Å². The zero-order valence-corrected chi connectivity index (χ0v) is 12.1. The minimum Gasteiger partial charge on any atom is -0.480 e. The van der Waals surface area contributed by atoms with Gasteiger partial charge in [-0.3, -0.25) is 4.79 Å². The summed E-state index contributed by atoms with van der Waals surface area (Å²) < 4.78 is 14.3. The summed E-state index contributed by atoms with van der Waals surface area (Å²) in [5.74, 6) is -2.34. The average molecular weight is 315 g/mol. The standard InChI is InChI=1S/C16H14FN3O3/c17-13-6-10(11-7-18-9-19-8-11)3-4-12(13)15(21)20-5-1-2-14(20)16(22)23/h3-4,6-9,14H,1-2,5H2,(H,22,23). The molecule has 23 heavy (non-hydrogen) atoms. The van der Waals surface area contributed by atoms with Crippen LogP contribution in [0.15, 0.2) is 36.9 Å². The number of carboxylic acid groups (broad SMARTS) is 1. The molecular formula is C16H14FN3O3. The van der Waals surface area contributed by atoms with E-state index in [0.717, 1.165) is 0 Å². The normalized spacial score (nSPS) is 17.3. The first kappa shape index (κ1) is 15.1. The topological polar surface area (TPSA) is 83.4 Å². The van der Waals surface area contributed by atoms with Crippen LogP contribution in [0.2, 0.25) is 0 Å².